The van der Waals surface area contributed by atoms with Gasteiger partial charge >= 0.3 is 0 Å². The molecule has 4 nitrogen and oxygen atoms in total. The van der Waals surface area contributed by atoms with Gasteiger partial charge in [-0.1, -0.05) is 0 Å². The summed E-state index contributed by atoms with van der Waals surface area (Å²) in [6.45, 7) is 4.02. The van der Waals surface area contributed by atoms with Gasteiger partial charge in [0, 0.05) is 19.5 Å². The number of hydrogen-bond donors (Lipinski definition) is 2. The maximum atomic E-state index is 11.3. The smallest absolute Gasteiger partial charge is 0.221 e. The molecule has 0 spiro atoms. The van der Waals surface area contributed by atoms with Crippen molar-refractivity contribution < 1.29 is 4.79 Å². The van der Waals surface area contributed by atoms with Crippen molar-refractivity contribution in [1.82, 2.24) is 15.5 Å². The zero-order valence-electron chi connectivity index (χ0n) is 10.6. The van der Waals surface area contributed by atoms with Gasteiger partial charge < -0.3 is 15.5 Å². The molecule has 1 heterocycles. The Labute approximate surface area is 98.8 Å². The number of rotatable bonds is 6. The summed E-state index contributed by atoms with van der Waals surface area (Å²) < 4.78 is 0. The summed E-state index contributed by atoms with van der Waals surface area (Å²) in [5.41, 5.74) is 0. The Bertz CT molecular complexity index is 200. The first-order valence-corrected chi connectivity index (χ1v) is 6.32. The van der Waals surface area contributed by atoms with E-state index in [1.807, 2.05) is 7.05 Å². The third kappa shape index (κ3) is 5.47. The second-order valence-electron chi connectivity index (χ2n) is 4.74. The normalized spacial score (nSPS) is 18.6. The molecule has 0 bridgehead atoms. The summed E-state index contributed by atoms with van der Waals surface area (Å²) in [7, 11) is 4.04. The molecule has 0 aliphatic carbocycles. The fourth-order valence-electron chi connectivity index (χ4n) is 2.09. The predicted octanol–water partition coefficient (Wildman–Crippen LogP) is 0.444. The van der Waals surface area contributed by atoms with Crippen molar-refractivity contribution in [2.75, 3.05) is 40.3 Å². The number of carbonyl (C=O) groups excluding carboxylic acids is 1. The Morgan fingerprint density at radius 3 is 2.62 bits per heavy atom. The van der Waals surface area contributed by atoms with Crippen molar-refractivity contribution in [3.63, 3.8) is 0 Å². The maximum Gasteiger partial charge on any atom is 0.221 e. The molecule has 1 fully saturated rings. The number of amides is 1. The van der Waals surface area contributed by atoms with Crippen molar-refractivity contribution in [1.29, 1.82) is 0 Å². The number of carbonyl (C=O) groups is 1. The van der Waals surface area contributed by atoms with Gasteiger partial charge in [0.2, 0.25) is 5.91 Å². The first-order chi connectivity index (χ1) is 7.72. The standard InChI is InChI=1S/C12H25N3O/c1-13-7-4-12(16)14-8-3-11-5-9-15(2)10-6-11/h11,13H,3-10H2,1-2H3,(H,14,16). The summed E-state index contributed by atoms with van der Waals surface area (Å²) in [6, 6.07) is 0. The van der Waals surface area contributed by atoms with Crippen LogP contribution in [0.2, 0.25) is 0 Å². The molecule has 1 amide bonds. The van der Waals surface area contributed by atoms with Gasteiger partial charge in [-0.15, -0.1) is 0 Å². The van der Waals surface area contributed by atoms with Crippen LogP contribution in [0, 0.1) is 5.92 Å². The largest absolute Gasteiger partial charge is 0.356 e. The molecule has 2 N–H and O–H groups in total. The van der Waals surface area contributed by atoms with Gasteiger partial charge in [0.15, 0.2) is 0 Å². The molecule has 4 heteroatoms. The van der Waals surface area contributed by atoms with Crippen LogP contribution in [-0.2, 0) is 4.79 Å². The Hall–Kier alpha value is -0.610. The minimum atomic E-state index is 0.169. The third-order valence-electron chi connectivity index (χ3n) is 3.31. The second kappa shape index (κ2) is 7.63. The van der Waals surface area contributed by atoms with Crippen LogP contribution in [0.1, 0.15) is 25.7 Å². The lowest BCUT2D eigenvalue weighted by atomic mass is 9.94. The van der Waals surface area contributed by atoms with Crippen molar-refractivity contribution >= 4 is 5.91 Å². The monoisotopic (exact) mass is 227 g/mol. The molecule has 1 saturated heterocycles. The second-order valence-corrected chi connectivity index (χ2v) is 4.74. The maximum absolute atomic E-state index is 11.3. The molecule has 0 saturated carbocycles. The highest BCUT2D eigenvalue weighted by Gasteiger charge is 2.16. The van der Waals surface area contributed by atoms with E-state index in [0.29, 0.717) is 6.42 Å². The van der Waals surface area contributed by atoms with E-state index in [-0.39, 0.29) is 5.91 Å². The van der Waals surface area contributed by atoms with Crippen molar-refractivity contribution in [2.24, 2.45) is 5.92 Å². The first-order valence-electron chi connectivity index (χ1n) is 6.32. The van der Waals surface area contributed by atoms with Gasteiger partial charge in [0.1, 0.15) is 0 Å². The highest BCUT2D eigenvalue weighted by Crippen LogP contribution is 2.18. The molecular weight excluding hydrogens is 202 g/mol. The topological polar surface area (TPSA) is 44.4 Å². The Morgan fingerprint density at radius 2 is 2.00 bits per heavy atom. The fraction of sp³-hybridized carbons (Fsp3) is 0.917. The molecule has 1 aliphatic heterocycles. The lowest BCUT2D eigenvalue weighted by Crippen LogP contribution is -2.33. The van der Waals surface area contributed by atoms with Crippen LogP contribution in [0.15, 0.2) is 0 Å². The highest BCUT2D eigenvalue weighted by molar-refractivity contribution is 5.75. The Kier molecular flexibility index (Phi) is 6.42. The molecular formula is C12H25N3O. The Morgan fingerprint density at radius 1 is 1.31 bits per heavy atom. The minimum Gasteiger partial charge on any atom is -0.356 e. The van der Waals surface area contributed by atoms with Gasteiger partial charge in [-0.2, -0.15) is 0 Å². The van der Waals surface area contributed by atoms with Crippen LogP contribution in [0.25, 0.3) is 0 Å². The van der Waals surface area contributed by atoms with E-state index < -0.39 is 0 Å². The molecule has 0 atom stereocenters. The average Bonchev–Trinajstić information content (AvgIpc) is 2.29. The van der Waals surface area contributed by atoms with Crippen molar-refractivity contribution in [3.8, 4) is 0 Å². The molecule has 0 unspecified atom stereocenters. The van der Waals surface area contributed by atoms with E-state index in [1.165, 1.54) is 25.9 Å². The van der Waals surface area contributed by atoms with E-state index in [0.717, 1.165) is 25.4 Å². The number of hydrogen-bond acceptors (Lipinski definition) is 3. The average molecular weight is 227 g/mol. The molecule has 0 aromatic rings. The summed E-state index contributed by atoms with van der Waals surface area (Å²) in [6.07, 6.45) is 4.29. The van der Waals surface area contributed by atoms with E-state index in [2.05, 4.69) is 22.6 Å². The van der Waals surface area contributed by atoms with Gasteiger partial charge in [0.25, 0.3) is 0 Å². The van der Waals surface area contributed by atoms with Gasteiger partial charge in [-0.25, -0.2) is 0 Å². The number of piperidine rings is 1. The van der Waals surface area contributed by atoms with E-state index in [4.69, 9.17) is 0 Å². The number of nitrogens with zero attached hydrogens (tertiary/aromatic N) is 1. The minimum absolute atomic E-state index is 0.169. The van der Waals surface area contributed by atoms with Crippen molar-refractivity contribution in [2.45, 2.75) is 25.7 Å². The van der Waals surface area contributed by atoms with Gasteiger partial charge in [-0.05, 0) is 52.4 Å². The molecule has 0 radical (unpaired) electrons. The summed E-state index contributed by atoms with van der Waals surface area (Å²) in [5.74, 6) is 0.975. The number of likely N-dealkylation sites (tertiary alicyclic amines) is 1. The zero-order chi connectivity index (χ0) is 11.8. The van der Waals surface area contributed by atoms with Crippen LogP contribution in [-0.4, -0.2) is 51.1 Å². The van der Waals surface area contributed by atoms with Crippen molar-refractivity contribution in [3.05, 3.63) is 0 Å². The van der Waals surface area contributed by atoms with Crippen LogP contribution in [0.5, 0.6) is 0 Å². The lowest BCUT2D eigenvalue weighted by Gasteiger charge is -2.28. The quantitative estimate of drug-likeness (QED) is 0.692. The van der Waals surface area contributed by atoms with Crippen LogP contribution < -0.4 is 10.6 Å². The highest BCUT2D eigenvalue weighted by atomic mass is 16.1. The molecule has 16 heavy (non-hydrogen) atoms. The van der Waals surface area contributed by atoms with Gasteiger partial charge in [-0.3, -0.25) is 4.79 Å². The summed E-state index contributed by atoms with van der Waals surface area (Å²) >= 11 is 0. The number of nitrogens with one attached hydrogen (secondary N) is 2. The summed E-state index contributed by atoms with van der Waals surface area (Å²) in [4.78, 5) is 13.7. The van der Waals surface area contributed by atoms with Gasteiger partial charge in [0.05, 0.1) is 0 Å². The third-order valence-corrected chi connectivity index (χ3v) is 3.31. The van der Waals surface area contributed by atoms with Crippen LogP contribution >= 0.6 is 0 Å². The van der Waals surface area contributed by atoms with Crippen LogP contribution in [0.3, 0.4) is 0 Å². The molecule has 1 aliphatic rings. The SMILES string of the molecule is CNCCC(=O)NCCC1CCN(C)CC1. The molecule has 0 aromatic carbocycles. The predicted molar refractivity (Wildman–Crippen MR) is 66.4 cm³/mol. The van der Waals surface area contributed by atoms with Crippen LogP contribution in [0.4, 0.5) is 0 Å². The lowest BCUT2D eigenvalue weighted by molar-refractivity contribution is -0.121. The first kappa shape index (κ1) is 13.5. The molecule has 94 valence electrons. The summed E-state index contributed by atoms with van der Waals surface area (Å²) in [5, 5.41) is 5.96. The van der Waals surface area contributed by atoms with E-state index >= 15 is 0 Å². The molecule has 0 aromatic heterocycles. The Balaban J connectivity index is 2.00. The van der Waals surface area contributed by atoms with E-state index in [9.17, 15) is 4.79 Å². The fourth-order valence-corrected chi connectivity index (χ4v) is 2.09. The van der Waals surface area contributed by atoms with E-state index in [1.54, 1.807) is 0 Å². The zero-order valence-corrected chi connectivity index (χ0v) is 10.6. The molecule has 1 rings (SSSR count).